The molecule has 6 nitrogen and oxygen atoms in total. The predicted octanol–water partition coefficient (Wildman–Crippen LogP) is 4.69. The molecule has 0 N–H and O–H groups in total. The highest BCUT2D eigenvalue weighted by molar-refractivity contribution is 14.1. The average Bonchev–Trinajstić information content (AvgIpc) is 3.04. The van der Waals surface area contributed by atoms with Crippen LogP contribution >= 0.6 is 45.7 Å². The van der Waals surface area contributed by atoms with Crippen LogP contribution < -0.4 is 4.90 Å². The lowest BCUT2D eigenvalue weighted by atomic mass is 10.1. The molecule has 0 fully saturated rings. The molecule has 0 saturated carbocycles. The zero-order valence-electron chi connectivity index (χ0n) is 13.0. The van der Waals surface area contributed by atoms with Crippen LogP contribution in [0.5, 0.6) is 0 Å². The third-order valence-corrected chi connectivity index (χ3v) is 6.25. The quantitative estimate of drug-likeness (QED) is 0.167. The molecule has 3 aromatic rings. The van der Waals surface area contributed by atoms with E-state index in [2.05, 4.69) is 4.98 Å². The molecule has 0 unspecified atom stereocenters. The van der Waals surface area contributed by atoms with E-state index in [1.54, 1.807) is 35.2 Å². The van der Waals surface area contributed by atoms with Crippen LogP contribution in [0.2, 0.25) is 0 Å². The molecule has 1 aromatic heterocycles. The number of carbonyl (C=O) groups excluding carboxylic acids is 1. The second kappa shape index (κ2) is 7.67. The van der Waals surface area contributed by atoms with Gasteiger partial charge in [-0.3, -0.25) is 14.9 Å². The largest absolute Gasteiger partial charge is 0.304 e. The highest BCUT2D eigenvalue weighted by Gasteiger charge is 2.21. The van der Waals surface area contributed by atoms with E-state index in [0.29, 0.717) is 6.41 Å². The van der Waals surface area contributed by atoms with Gasteiger partial charge in [-0.25, -0.2) is 4.98 Å². The summed E-state index contributed by atoms with van der Waals surface area (Å²) in [5, 5.41) is 11.3. The summed E-state index contributed by atoms with van der Waals surface area (Å²) in [6.45, 7) is 0.222. The monoisotopic (exact) mass is 485 g/mol. The molecule has 25 heavy (non-hydrogen) atoms. The molecule has 2 aromatic carbocycles. The molecule has 0 aliphatic rings. The van der Waals surface area contributed by atoms with Crippen molar-refractivity contribution in [1.29, 1.82) is 0 Å². The first-order valence-corrected chi connectivity index (χ1v) is 10.2. The van der Waals surface area contributed by atoms with Crippen molar-refractivity contribution in [2.75, 3.05) is 11.2 Å². The molecule has 0 aliphatic heterocycles. The Morgan fingerprint density at radius 3 is 2.88 bits per heavy atom. The number of hydrogen-bond donors (Lipinski definition) is 0. The Hall–Kier alpha value is -1.72. The lowest BCUT2D eigenvalue weighted by molar-refractivity contribution is -0.384. The summed E-state index contributed by atoms with van der Waals surface area (Å²) in [4.78, 5) is 28.5. The zero-order valence-corrected chi connectivity index (χ0v) is 16.8. The topological polar surface area (TPSA) is 76.3 Å². The van der Waals surface area contributed by atoms with Crippen molar-refractivity contribution < 1.29 is 9.72 Å². The number of thiazole rings is 1. The molecule has 0 saturated heterocycles. The Bertz CT molecular complexity index is 961. The SMILES string of the molecule is CSc1nc2c(CN(C=O)c3ccc(I)cc3[N+](=O)[O-])cccc2s1. The molecule has 0 aliphatic carbocycles. The standard InChI is InChI=1S/C16H12IN3O3S2/c1-24-16-18-15-10(3-2-4-14(15)25-16)8-19(9-21)12-6-5-11(17)7-13(12)20(22)23/h2-7,9H,8H2,1H3. The average molecular weight is 485 g/mol. The van der Waals surface area contributed by atoms with Crippen LogP contribution in [-0.2, 0) is 11.3 Å². The maximum Gasteiger partial charge on any atom is 0.294 e. The van der Waals surface area contributed by atoms with E-state index in [4.69, 9.17) is 0 Å². The van der Waals surface area contributed by atoms with Gasteiger partial charge in [0.25, 0.3) is 5.69 Å². The first-order chi connectivity index (χ1) is 12.0. The molecule has 0 bridgehead atoms. The molecule has 0 atom stereocenters. The van der Waals surface area contributed by atoms with Crippen LogP contribution in [0.25, 0.3) is 10.2 Å². The van der Waals surface area contributed by atoms with Crippen LogP contribution in [-0.4, -0.2) is 22.6 Å². The summed E-state index contributed by atoms with van der Waals surface area (Å²) >= 11 is 5.16. The maximum atomic E-state index is 11.6. The lowest BCUT2D eigenvalue weighted by Crippen LogP contribution is -2.21. The van der Waals surface area contributed by atoms with Crippen molar-refractivity contribution in [2.45, 2.75) is 10.9 Å². The Kier molecular flexibility index (Phi) is 5.54. The molecule has 128 valence electrons. The third-order valence-electron chi connectivity index (χ3n) is 3.57. The van der Waals surface area contributed by atoms with Crippen LogP contribution in [0, 0.1) is 13.7 Å². The van der Waals surface area contributed by atoms with Crippen molar-refractivity contribution in [1.82, 2.24) is 4.98 Å². The summed E-state index contributed by atoms with van der Waals surface area (Å²) < 4.78 is 2.72. The van der Waals surface area contributed by atoms with Crippen LogP contribution in [0.15, 0.2) is 40.7 Å². The highest BCUT2D eigenvalue weighted by atomic mass is 127. The molecule has 1 amide bonds. The fourth-order valence-electron chi connectivity index (χ4n) is 2.45. The zero-order chi connectivity index (χ0) is 18.0. The smallest absolute Gasteiger partial charge is 0.294 e. The Morgan fingerprint density at radius 2 is 2.20 bits per heavy atom. The fraction of sp³-hybridized carbons (Fsp3) is 0.125. The number of aromatic nitrogens is 1. The van der Waals surface area contributed by atoms with E-state index in [-0.39, 0.29) is 17.9 Å². The van der Waals surface area contributed by atoms with Gasteiger partial charge in [-0.2, -0.15) is 0 Å². The van der Waals surface area contributed by atoms with Crippen molar-refractivity contribution in [2.24, 2.45) is 0 Å². The van der Waals surface area contributed by atoms with Gasteiger partial charge in [0.1, 0.15) is 5.69 Å². The number of anilines is 1. The number of thioether (sulfide) groups is 1. The number of fused-ring (bicyclic) bond motifs is 1. The van der Waals surface area contributed by atoms with Crippen molar-refractivity contribution in [3.63, 3.8) is 0 Å². The van der Waals surface area contributed by atoms with Crippen LogP contribution in [0.3, 0.4) is 0 Å². The van der Waals surface area contributed by atoms with Gasteiger partial charge in [0.05, 0.1) is 21.7 Å². The van der Waals surface area contributed by atoms with Gasteiger partial charge in [0.15, 0.2) is 4.34 Å². The van der Waals surface area contributed by atoms with Gasteiger partial charge in [-0.15, -0.1) is 11.3 Å². The minimum atomic E-state index is -0.469. The fourth-order valence-corrected chi connectivity index (χ4v) is 4.45. The number of benzene rings is 2. The number of amides is 1. The van der Waals surface area contributed by atoms with E-state index < -0.39 is 4.92 Å². The molecular formula is C16H12IN3O3S2. The molecular weight excluding hydrogens is 473 g/mol. The van der Waals surface area contributed by atoms with Crippen molar-refractivity contribution in [3.05, 3.63) is 55.6 Å². The number of nitrogens with zero attached hydrogens (tertiary/aromatic N) is 3. The molecule has 0 spiro atoms. The maximum absolute atomic E-state index is 11.6. The number of rotatable bonds is 6. The lowest BCUT2D eigenvalue weighted by Gasteiger charge is -2.18. The Balaban J connectivity index is 2.03. The summed E-state index contributed by atoms with van der Waals surface area (Å²) in [6.07, 6.45) is 2.58. The number of nitro groups is 1. The van der Waals surface area contributed by atoms with Crippen LogP contribution in [0.4, 0.5) is 11.4 Å². The Morgan fingerprint density at radius 1 is 1.40 bits per heavy atom. The summed E-state index contributed by atoms with van der Waals surface area (Å²) in [5.41, 5.74) is 1.87. The summed E-state index contributed by atoms with van der Waals surface area (Å²) in [7, 11) is 0. The van der Waals surface area contributed by atoms with Crippen molar-refractivity contribution in [3.8, 4) is 0 Å². The van der Waals surface area contributed by atoms with Gasteiger partial charge in [0.2, 0.25) is 6.41 Å². The summed E-state index contributed by atoms with van der Waals surface area (Å²) in [5.74, 6) is 0. The number of para-hydroxylation sites is 1. The number of nitro benzene ring substituents is 1. The minimum Gasteiger partial charge on any atom is -0.304 e. The van der Waals surface area contributed by atoms with E-state index in [1.165, 1.54) is 11.0 Å². The third kappa shape index (κ3) is 3.77. The van der Waals surface area contributed by atoms with Gasteiger partial charge in [0, 0.05) is 9.64 Å². The van der Waals surface area contributed by atoms with Gasteiger partial charge >= 0.3 is 0 Å². The molecule has 3 rings (SSSR count). The second-order valence-electron chi connectivity index (χ2n) is 5.07. The highest BCUT2D eigenvalue weighted by Crippen LogP contribution is 2.33. The minimum absolute atomic E-state index is 0.0887. The second-order valence-corrected chi connectivity index (χ2v) is 8.40. The van der Waals surface area contributed by atoms with E-state index >= 15 is 0 Å². The number of carbonyl (C=O) groups is 1. The van der Waals surface area contributed by atoms with Gasteiger partial charge in [-0.1, -0.05) is 23.9 Å². The first-order valence-electron chi connectivity index (χ1n) is 7.11. The predicted molar refractivity (Wildman–Crippen MR) is 109 cm³/mol. The number of hydrogen-bond acceptors (Lipinski definition) is 6. The molecule has 1 heterocycles. The van der Waals surface area contributed by atoms with Gasteiger partial charge in [-0.05, 0) is 52.6 Å². The molecule has 0 radical (unpaired) electrons. The Labute approximate surface area is 165 Å². The van der Waals surface area contributed by atoms with Crippen LogP contribution in [0.1, 0.15) is 5.56 Å². The summed E-state index contributed by atoms with van der Waals surface area (Å²) in [6, 6.07) is 10.6. The number of halogens is 1. The van der Waals surface area contributed by atoms with E-state index in [0.717, 1.165) is 23.7 Å². The molecule has 9 heteroatoms. The normalized spacial score (nSPS) is 10.8. The van der Waals surface area contributed by atoms with Gasteiger partial charge < -0.3 is 4.90 Å². The van der Waals surface area contributed by atoms with Crippen molar-refractivity contribution >= 4 is 73.7 Å². The first kappa shape index (κ1) is 18.1. The van der Waals surface area contributed by atoms with E-state index in [1.807, 2.05) is 47.0 Å². The van der Waals surface area contributed by atoms with E-state index in [9.17, 15) is 14.9 Å².